The summed E-state index contributed by atoms with van der Waals surface area (Å²) in [6, 6.07) is 3.79. The van der Waals surface area contributed by atoms with E-state index in [1.165, 1.54) is 6.20 Å². The van der Waals surface area contributed by atoms with Crippen molar-refractivity contribution in [1.29, 1.82) is 5.26 Å². The van der Waals surface area contributed by atoms with Gasteiger partial charge in [-0.05, 0) is 6.07 Å². The molecule has 0 amide bonds. The average Bonchev–Trinajstić information content (AvgIpc) is 2.85. The van der Waals surface area contributed by atoms with Crippen LogP contribution in [0.2, 0.25) is 0 Å². The molecule has 3 rings (SSSR count). The Morgan fingerprint density at radius 1 is 1.24 bits per heavy atom. The van der Waals surface area contributed by atoms with Crippen LogP contribution in [0.4, 0.5) is 5.82 Å². The van der Waals surface area contributed by atoms with Gasteiger partial charge >= 0.3 is 0 Å². The van der Waals surface area contributed by atoms with Gasteiger partial charge in [0, 0.05) is 13.1 Å². The van der Waals surface area contributed by atoms with E-state index >= 15 is 0 Å². The minimum Gasteiger partial charge on any atom is -0.345 e. The second-order valence-corrected chi connectivity index (χ2v) is 3.74. The zero-order valence-corrected chi connectivity index (χ0v) is 8.98. The van der Waals surface area contributed by atoms with E-state index in [0.29, 0.717) is 17.9 Å². The highest BCUT2D eigenvalue weighted by Crippen LogP contribution is 2.20. The van der Waals surface area contributed by atoms with Crippen molar-refractivity contribution in [3.05, 3.63) is 30.0 Å². The predicted octanol–water partition coefficient (Wildman–Crippen LogP) is -0.0400. The van der Waals surface area contributed by atoms with Crippen molar-refractivity contribution in [2.24, 2.45) is 0 Å². The second-order valence-electron chi connectivity index (χ2n) is 3.74. The van der Waals surface area contributed by atoms with Crippen LogP contribution in [-0.2, 0) is 13.1 Å². The van der Waals surface area contributed by atoms with Gasteiger partial charge in [-0.2, -0.15) is 10.4 Å². The summed E-state index contributed by atoms with van der Waals surface area (Å²) >= 11 is 0. The molecular formula is C10H9N7. The molecule has 0 fully saturated rings. The first-order valence-corrected chi connectivity index (χ1v) is 5.22. The van der Waals surface area contributed by atoms with Gasteiger partial charge < -0.3 is 9.47 Å². The van der Waals surface area contributed by atoms with Crippen LogP contribution in [0.5, 0.6) is 0 Å². The van der Waals surface area contributed by atoms with Gasteiger partial charge in [0.05, 0.1) is 18.3 Å². The number of aromatic nitrogens is 5. The standard InChI is InChI=1S/C10H9N7/c11-5-8-1-2-12-15-10(8)16-3-4-17-7-13-14-9(17)6-16/h1-2,7H,3-4,6H2. The SMILES string of the molecule is N#Cc1ccnnc1N1CCn2cnnc2C1. The van der Waals surface area contributed by atoms with E-state index in [-0.39, 0.29) is 0 Å². The lowest BCUT2D eigenvalue weighted by Gasteiger charge is -2.27. The molecule has 3 heterocycles. The Kier molecular flexibility index (Phi) is 2.19. The molecule has 0 saturated heterocycles. The summed E-state index contributed by atoms with van der Waals surface area (Å²) in [6.07, 6.45) is 3.24. The molecule has 0 unspecified atom stereocenters. The van der Waals surface area contributed by atoms with Crippen LogP contribution in [0.15, 0.2) is 18.6 Å². The second kappa shape index (κ2) is 3.83. The summed E-state index contributed by atoms with van der Waals surface area (Å²) in [5.41, 5.74) is 0.535. The van der Waals surface area contributed by atoms with Gasteiger partial charge in [0.15, 0.2) is 11.6 Å². The van der Waals surface area contributed by atoms with Gasteiger partial charge in [-0.1, -0.05) is 0 Å². The van der Waals surface area contributed by atoms with Gasteiger partial charge in [-0.15, -0.1) is 15.3 Å². The zero-order chi connectivity index (χ0) is 11.7. The Hall–Kier alpha value is -2.49. The lowest BCUT2D eigenvalue weighted by molar-refractivity contribution is 0.554. The number of fused-ring (bicyclic) bond motifs is 1. The van der Waals surface area contributed by atoms with Crippen LogP contribution >= 0.6 is 0 Å². The number of nitrogens with zero attached hydrogens (tertiary/aromatic N) is 7. The number of hydrogen-bond donors (Lipinski definition) is 0. The molecule has 0 bridgehead atoms. The van der Waals surface area contributed by atoms with Crippen molar-refractivity contribution in [2.75, 3.05) is 11.4 Å². The molecule has 17 heavy (non-hydrogen) atoms. The third kappa shape index (κ3) is 1.59. The maximum absolute atomic E-state index is 9.03. The predicted molar refractivity (Wildman–Crippen MR) is 57.8 cm³/mol. The monoisotopic (exact) mass is 227 g/mol. The Labute approximate surface area is 97.3 Å². The summed E-state index contributed by atoms with van der Waals surface area (Å²) in [5, 5.41) is 24.8. The van der Waals surface area contributed by atoms with Crippen LogP contribution in [-0.4, -0.2) is 31.5 Å². The molecule has 7 heteroatoms. The van der Waals surface area contributed by atoms with E-state index < -0.39 is 0 Å². The minimum atomic E-state index is 0.535. The molecule has 0 saturated carbocycles. The molecule has 0 N–H and O–H groups in total. The molecule has 0 atom stereocenters. The van der Waals surface area contributed by atoms with E-state index in [2.05, 4.69) is 26.5 Å². The molecule has 2 aromatic rings. The van der Waals surface area contributed by atoms with Crippen molar-refractivity contribution in [1.82, 2.24) is 25.0 Å². The topological polar surface area (TPSA) is 83.5 Å². The summed E-state index contributed by atoms with van der Waals surface area (Å²) in [5.74, 6) is 1.50. The lowest BCUT2D eigenvalue weighted by atomic mass is 10.2. The minimum absolute atomic E-state index is 0.535. The Morgan fingerprint density at radius 3 is 3.06 bits per heavy atom. The van der Waals surface area contributed by atoms with Crippen molar-refractivity contribution in [3.63, 3.8) is 0 Å². The summed E-state index contributed by atoms with van der Waals surface area (Å²) < 4.78 is 2.00. The summed E-state index contributed by atoms with van der Waals surface area (Å²) in [7, 11) is 0. The average molecular weight is 227 g/mol. The number of hydrogen-bond acceptors (Lipinski definition) is 6. The number of nitriles is 1. The molecule has 2 aromatic heterocycles. The highest BCUT2D eigenvalue weighted by Gasteiger charge is 2.20. The maximum atomic E-state index is 9.03. The van der Waals surface area contributed by atoms with Crippen LogP contribution < -0.4 is 4.90 Å². The van der Waals surface area contributed by atoms with Crippen LogP contribution in [0, 0.1) is 11.3 Å². The quantitative estimate of drug-likeness (QED) is 0.679. The van der Waals surface area contributed by atoms with Crippen molar-refractivity contribution in [2.45, 2.75) is 13.1 Å². The highest BCUT2D eigenvalue weighted by molar-refractivity contribution is 5.52. The maximum Gasteiger partial charge on any atom is 0.169 e. The highest BCUT2D eigenvalue weighted by atomic mass is 15.3. The molecule has 0 aromatic carbocycles. The number of rotatable bonds is 1. The van der Waals surface area contributed by atoms with E-state index in [9.17, 15) is 0 Å². The van der Waals surface area contributed by atoms with E-state index in [4.69, 9.17) is 5.26 Å². The van der Waals surface area contributed by atoms with Crippen molar-refractivity contribution >= 4 is 5.82 Å². The van der Waals surface area contributed by atoms with Gasteiger partial charge in [-0.25, -0.2) is 0 Å². The van der Waals surface area contributed by atoms with Gasteiger partial charge in [-0.3, -0.25) is 0 Å². The summed E-state index contributed by atoms with van der Waals surface area (Å²) in [6.45, 7) is 2.18. The molecular weight excluding hydrogens is 218 g/mol. The van der Waals surface area contributed by atoms with E-state index in [1.807, 2.05) is 9.47 Å². The third-order valence-electron chi connectivity index (χ3n) is 2.76. The molecule has 0 aliphatic carbocycles. The van der Waals surface area contributed by atoms with E-state index in [0.717, 1.165) is 18.9 Å². The summed E-state index contributed by atoms with van der Waals surface area (Å²) in [4.78, 5) is 2.00. The molecule has 7 nitrogen and oxygen atoms in total. The fourth-order valence-corrected chi connectivity index (χ4v) is 1.89. The van der Waals surface area contributed by atoms with Crippen LogP contribution in [0.25, 0.3) is 0 Å². The van der Waals surface area contributed by atoms with Crippen molar-refractivity contribution < 1.29 is 0 Å². The van der Waals surface area contributed by atoms with Crippen molar-refractivity contribution in [3.8, 4) is 6.07 Å². The van der Waals surface area contributed by atoms with E-state index in [1.54, 1.807) is 12.4 Å². The first-order chi connectivity index (χ1) is 8.38. The molecule has 1 aliphatic rings. The first-order valence-electron chi connectivity index (χ1n) is 5.22. The third-order valence-corrected chi connectivity index (χ3v) is 2.76. The molecule has 0 spiro atoms. The van der Waals surface area contributed by atoms with Gasteiger partial charge in [0.1, 0.15) is 12.4 Å². The van der Waals surface area contributed by atoms with Gasteiger partial charge in [0.25, 0.3) is 0 Å². The Bertz CT molecular complexity index is 582. The first kappa shape index (κ1) is 9.72. The smallest absolute Gasteiger partial charge is 0.169 e. The fourth-order valence-electron chi connectivity index (χ4n) is 1.89. The Balaban J connectivity index is 1.95. The Morgan fingerprint density at radius 2 is 2.18 bits per heavy atom. The molecule has 0 radical (unpaired) electrons. The lowest BCUT2D eigenvalue weighted by Crippen LogP contribution is -2.34. The van der Waals surface area contributed by atoms with Gasteiger partial charge in [0.2, 0.25) is 0 Å². The molecule has 1 aliphatic heterocycles. The molecule has 84 valence electrons. The largest absolute Gasteiger partial charge is 0.345 e. The fraction of sp³-hybridized carbons (Fsp3) is 0.300. The number of anilines is 1. The normalized spacial score (nSPS) is 14.2. The van der Waals surface area contributed by atoms with Crippen LogP contribution in [0.3, 0.4) is 0 Å². The zero-order valence-electron chi connectivity index (χ0n) is 8.98. The van der Waals surface area contributed by atoms with Crippen LogP contribution in [0.1, 0.15) is 11.4 Å².